The molecule has 1 amide bonds. The number of alkyl carbamates (subject to hydrolysis) is 1. The molecule has 142 valence electrons. The first-order valence-corrected chi connectivity index (χ1v) is 8.68. The van der Waals surface area contributed by atoms with Crippen LogP contribution in [0.3, 0.4) is 0 Å². The van der Waals surface area contributed by atoms with Crippen molar-refractivity contribution in [2.75, 3.05) is 13.2 Å². The maximum atomic E-state index is 12.7. The second-order valence-electron chi connectivity index (χ2n) is 7.57. The van der Waals surface area contributed by atoms with E-state index in [4.69, 9.17) is 19.9 Å². The van der Waals surface area contributed by atoms with Gasteiger partial charge in [-0.25, -0.2) is 9.59 Å². The third-order valence-corrected chi connectivity index (χ3v) is 4.62. The molecular formula is C17H28N2O6. The molecule has 2 aliphatic carbocycles. The molecule has 0 aliphatic heterocycles. The molecule has 0 radical (unpaired) electrons. The van der Waals surface area contributed by atoms with Gasteiger partial charge in [0.2, 0.25) is 0 Å². The van der Waals surface area contributed by atoms with Gasteiger partial charge in [0.25, 0.3) is 0 Å². The first-order chi connectivity index (χ1) is 11.6. The molecule has 2 fully saturated rings. The Balaban J connectivity index is 2.26. The van der Waals surface area contributed by atoms with Gasteiger partial charge in [-0.05, 0) is 47.0 Å². The fraction of sp³-hybridized carbons (Fsp3) is 0.824. The minimum absolute atomic E-state index is 0.160. The first kappa shape index (κ1) is 19.5. The van der Waals surface area contributed by atoms with Gasteiger partial charge in [-0.2, -0.15) is 0 Å². The number of ether oxygens (including phenoxy) is 3. The van der Waals surface area contributed by atoms with Crippen LogP contribution in [0.25, 0.3) is 0 Å². The van der Waals surface area contributed by atoms with Crippen LogP contribution in [0.5, 0.6) is 0 Å². The molecule has 0 unspecified atom stereocenters. The minimum Gasteiger partial charge on any atom is -0.466 e. The number of rotatable bonds is 5. The third-order valence-electron chi connectivity index (χ3n) is 4.62. The fourth-order valence-corrected chi connectivity index (χ4v) is 3.84. The Bertz CT molecular complexity index is 558. The lowest BCUT2D eigenvalue weighted by Gasteiger charge is -2.32. The number of esters is 2. The number of nitrogens with one attached hydrogen (secondary N) is 1. The van der Waals surface area contributed by atoms with Crippen molar-refractivity contribution in [3.8, 4) is 0 Å². The Morgan fingerprint density at radius 1 is 1.16 bits per heavy atom. The summed E-state index contributed by atoms with van der Waals surface area (Å²) in [5.41, 5.74) is 4.07. The van der Waals surface area contributed by atoms with Crippen molar-refractivity contribution in [3.05, 3.63) is 0 Å². The molecular weight excluding hydrogens is 328 g/mol. The van der Waals surface area contributed by atoms with Crippen molar-refractivity contribution in [1.82, 2.24) is 5.32 Å². The van der Waals surface area contributed by atoms with Gasteiger partial charge in [0, 0.05) is 12.0 Å². The molecule has 0 aromatic carbocycles. The van der Waals surface area contributed by atoms with Gasteiger partial charge < -0.3 is 25.3 Å². The van der Waals surface area contributed by atoms with Crippen molar-refractivity contribution in [2.45, 2.75) is 58.2 Å². The van der Waals surface area contributed by atoms with E-state index in [0.29, 0.717) is 0 Å². The second-order valence-corrected chi connectivity index (χ2v) is 7.57. The number of hydrogen-bond acceptors (Lipinski definition) is 7. The van der Waals surface area contributed by atoms with Crippen LogP contribution in [0.15, 0.2) is 0 Å². The van der Waals surface area contributed by atoms with E-state index in [1.165, 1.54) is 0 Å². The van der Waals surface area contributed by atoms with Crippen molar-refractivity contribution in [1.29, 1.82) is 0 Å². The predicted octanol–water partition coefficient (Wildman–Crippen LogP) is 0.969. The van der Waals surface area contributed by atoms with E-state index in [-0.39, 0.29) is 25.6 Å². The van der Waals surface area contributed by atoms with Crippen molar-refractivity contribution in [2.24, 2.45) is 23.5 Å². The molecule has 25 heavy (non-hydrogen) atoms. The average Bonchev–Trinajstić information content (AvgIpc) is 3.14. The normalized spacial score (nSPS) is 33.2. The van der Waals surface area contributed by atoms with Crippen molar-refractivity contribution >= 4 is 18.0 Å². The van der Waals surface area contributed by atoms with Gasteiger partial charge in [-0.1, -0.05) is 0 Å². The quantitative estimate of drug-likeness (QED) is 0.557. The number of nitrogens with two attached hydrogens (primary N) is 1. The number of carbonyl (C=O) groups is 3. The highest BCUT2D eigenvalue weighted by Crippen LogP contribution is 2.62. The summed E-state index contributed by atoms with van der Waals surface area (Å²) < 4.78 is 15.5. The van der Waals surface area contributed by atoms with Gasteiger partial charge in [0.05, 0.1) is 19.1 Å². The molecule has 8 heteroatoms. The Kier molecular flexibility index (Phi) is 5.32. The molecule has 2 aliphatic rings. The van der Waals surface area contributed by atoms with E-state index in [9.17, 15) is 14.4 Å². The summed E-state index contributed by atoms with van der Waals surface area (Å²) in [5, 5.41) is 2.66. The number of amides is 1. The molecule has 0 saturated heterocycles. The first-order valence-electron chi connectivity index (χ1n) is 8.68. The molecule has 3 N–H and O–H groups in total. The van der Waals surface area contributed by atoms with Crippen LogP contribution >= 0.6 is 0 Å². The van der Waals surface area contributed by atoms with Crippen LogP contribution in [0, 0.1) is 17.8 Å². The molecule has 0 spiro atoms. The zero-order chi connectivity index (χ0) is 19.0. The standard InChI is InChI=1S/C17H28N2O6/c1-6-23-13(20)11-10-9(18)8-17(12(10)11,14(21)24-7-2)19-15(22)25-16(3,4)5/h9-12H,6-8,18H2,1-5H3,(H,19,22)/t9-,10-,11-,12-,17-/m0/s1. The van der Waals surface area contributed by atoms with Gasteiger partial charge in [-0.15, -0.1) is 0 Å². The molecule has 2 saturated carbocycles. The lowest BCUT2D eigenvalue weighted by molar-refractivity contribution is -0.153. The van der Waals surface area contributed by atoms with E-state index < -0.39 is 47.0 Å². The molecule has 0 aromatic rings. The molecule has 0 bridgehead atoms. The Morgan fingerprint density at radius 2 is 1.76 bits per heavy atom. The van der Waals surface area contributed by atoms with Gasteiger partial charge >= 0.3 is 18.0 Å². The summed E-state index contributed by atoms with van der Waals surface area (Å²) >= 11 is 0. The van der Waals surface area contributed by atoms with Crippen LogP contribution in [0.2, 0.25) is 0 Å². The molecule has 8 nitrogen and oxygen atoms in total. The minimum atomic E-state index is -1.36. The Labute approximate surface area is 147 Å². The highest BCUT2D eigenvalue weighted by Gasteiger charge is 2.75. The summed E-state index contributed by atoms with van der Waals surface area (Å²) in [6, 6.07) is -0.404. The van der Waals surface area contributed by atoms with Crippen molar-refractivity contribution < 1.29 is 28.6 Å². The summed E-state index contributed by atoms with van der Waals surface area (Å²) in [7, 11) is 0. The second kappa shape index (κ2) is 6.82. The molecule has 0 heterocycles. The fourth-order valence-electron chi connectivity index (χ4n) is 3.84. The largest absolute Gasteiger partial charge is 0.466 e. The van der Waals surface area contributed by atoms with Crippen LogP contribution < -0.4 is 11.1 Å². The Morgan fingerprint density at radius 3 is 2.28 bits per heavy atom. The lowest BCUT2D eigenvalue weighted by atomic mass is 9.89. The van der Waals surface area contributed by atoms with E-state index >= 15 is 0 Å². The number of hydrogen-bond donors (Lipinski definition) is 2. The third kappa shape index (κ3) is 3.73. The maximum Gasteiger partial charge on any atom is 0.408 e. The molecule has 5 atom stereocenters. The zero-order valence-corrected chi connectivity index (χ0v) is 15.5. The van der Waals surface area contributed by atoms with Gasteiger partial charge in [-0.3, -0.25) is 4.79 Å². The smallest absolute Gasteiger partial charge is 0.408 e. The SMILES string of the molecule is CCOC(=O)[C@H]1[C@H]2[C@@H]1[C@](NC(=O)OC(C)(C)C)(C(=O)OCC)C[C@@H]2N. The van der Waals surface area contributed by atoms with E-state index in [0.717, 1.165) is 0 Å². The highest BCUT2D eigenvalue weighted by molar-refractivity contribution is 5.91. The zero-order valence-electron chi connectivity index (χ0n) is 15.5. The summed E-state index contributed by atoms with van der Waals surface area (Å²) in [6.45, 7) is 8.99. The van der Waals surface area contributed by atoms with E-state index in [2.05, 4.69) is 5.32 Å². The van der Waals surface area contributed by atoms with Crippen LogP contribution in [-0.4, -0.2) is 48.4 Å². The van der Waals surface area contributed by atoms with Gasteiger partial charge in [0.15, 0.2) is 0 Å². The van der Waals surface area contributed by atoms with Gasteiger partial charge in [0.1, 0.15) is 11.1 Å². The number of carbonyl (C=O) groups excluding carboxylic acids is 3. The van der Waals surface area contributed by atoms with E-state index in [1.807, 2.05) is 0 Å². The van der Waals surface area contributed by atoms with Crippen LogP contribution in [0.4, 0.5) is 4.79 Å². The topological polar surface area (TPSA) is 117 Å². The predicted molar refractivity (Wildman–Crippen MR) is 88.4 cm³/mol. The summed E-state index contributed by atoms with van der Waals surface area (Å²) in [5.74, 6) is -2.14. The average molecular weight is 356 g/mol. The lowest BCUT2D eigenvalue weighted by Crippen LogP contribution is -2.58. The Hall–Kier alpha value is -1.83. The maximum absolute atomic E-state index is 12.7. The summed E-state index contributed by atoms with van der Waals surface area (Å²) in [6.07, 6.45) is -0.529. The van der Waals surface area contributed by atoms with E-state index in [1.54, 1.807) is 34.6 Å². The monoisotopic (exact) mass is 356 g/mol. The van der Waals surface area contributed by atoms with Crippen molar-refractivity contribution in [3.63, 3.8) is 0 Å². The molecule has 0 aromatic heterocycles. The van der Waals surface area contributed by atoms with Crippen LogP contribution in [0.1, 0.15) is 41.0 Å². The molecule has 2 rings (SSSR count). The highest BCUT2D eigenvalue weighted by atomic mass is 16.6. The summed E-state index contributed by atoms with van der Waals surface area (Å²) in [4.78, 5) is 37.2. The van der Waals surface area contributed by atoms with Crippen LogP contribution in [-0.2, 0) is 23.8 Å². The number of fused-ring (bicyclic) bond motifs is 1.